The van der Waals surface area contributed by atoms with Crippen LogP contribution in [0.3, 0.4) is 0 Å². The first-order valence-electron chi connectivity index (χ1n) is 4.90. The fourth-order valence-electron chi connectivity index (χ4n) is 1.51. The topological polar surface area (TPSA) is 92.0 Å². The predicted molar refractivity (Wildman–Crippen MR) is 66.6 cm³/mol. The van der Waals surface area contributed by atoms with E-state index in [4.69, 9.17) is 10.8 Å². The highest BCUT2D eigenvalue weighted by atomic mass is 79.9. The fourth-order valence-corrected chi connectivity index (χ4v) is 1.91. The van der Waals surface area contributed by atoms with E-state index in [0.29, 0.717) is 11.5 Å². The molecule has 0 saturated heterocycles. The van der Waals surface area contributed by atoms with Crippen LogP contribution in [0.25, 0.3) is 11.4 Å². The molecule has 0 saturated carbocycles. The molecular formula is C11H10BrN3O2. The molecule has 5 nitrogen and oxygen atoms in total. The van der Waals surface area contributed by atoms with E-state index in [2.05, 4.69) is 25.9 Å². The van der Waals surface area contributed by atoms with Crippen molar-refractivity contribution in [3.63, 3.8) is 0 Å². The van der Waals surface area contributed by atoms with Gasteiger partial charge in [0.1, 0.15) is 5.82 Å². The second kappa shape index (κ2) is 4.68. The molecule has 0 fully saturated rings. The van der Waals surface area contributed by atoms with Gasteiger partial charge in [-0.25, -0.2) is 9.78 Å². The van der Waals surface area contributed by atoms with Gasteiger partial charge in [0.25, 0.3) is 0 Å². The van der Waals surface area contributed by atoms with Gasteiger partial charge in [0, 0.05) is 16.6 Å². The molecule has 2 rings (SSSR count). The van der Waals surface area contributed by atoms with E-state index in [1.165, 1.54) is 0 Å². The molecule has 0 radical (unpaired) electrons. The highest BCUT2D eigenvalue weighted by molar-refractivity contribution is 9.10. The van der Waals surface area contributed by atoms with Crippen LogP contribution in [0.4, 0.5) is 0 Å². The number of aromatic nitrogens is 2. The first-order chi connectivity index (χ1) is 8.11. The molecule has 0 aliphatic carbocycles. The standard InChI is InChI=1S/C11H10BrN3O2/c12-7-3-1-2-6(4-7)10-14-8(5-13)9(15-10)11(16)17/h1-4H,5,13H2,(H,14,15)(H,16,17). The summed E-state index contributed by atoms with van der Waals surface area (Å²) < 4.78 is 0.901. The number of nitrogens with zero attached hydrogens (tertiary/aromatic N) is 1. The van der Waals surface area contributed by atoms with Gasteiger partial charge in [0.2, 0.25) is 0 Å². The van der Waals surface area contributed by atoms with E-state index in [1.807, 2.05) is 24.3 Å². The van der Waals surface area contributed by atoms with Gasteiger partial charge in [-0.1, -0.05) is 28.1 Å². The summed E-state index contributed by atoms with van der Waals surface area (Å²) in [6, 6.07) is 7.43. The minimum atomic E-state index is -1.08. The minimum Gasteiger partial charge on any atom is -0.476 e. The molecule has 88 valence electrons. The maximum absolute atomic E-state index is 10.9. The smallest absolute Gasteiger partial charge is 0.356 e. The molecule has 1 aromatic heterocycles. The first kappa shape index (κ1) is 11.8. The fraction of sp³-hybridized carbons (Fsp3) is 0.0909. The van der Waals surface area contributed by atoms with Crippen molar-refractivity contribution in [1.29, 1.82) is 0 Å². The van der Waals surface area contributed by atoms with Crippen molar-refractivity contribution in [2.45, 2.75) is 6.54 Å². The van der Waals surface area contributed by atoms with Crippen molar-refractivity contribution in [2.75, 3.05) is 0 Å². The summed E-state index contributed by atoms with van der Waals surface area (Å²) in [5.41, 5.74) is 6.67. The molecule has 1 aromatic carbocycles. The predicted octanol–water partition coefficient (Wildman–Crippen LogP) is 2.00. The molecule has 4 N–H and O–H groups in total. The van der Waals surface area contributed by atoms with Gasteiger partial charge in [-0.15, -0.1) is 0 Å². The SMILES string of the molecule is NCc1[nH]c(-c2cccc(Br)c2)nc1C(=O)O. The lowest BCUT2D eigenvalue weighted by Gasteiger charge is -1.96. The zero-order valence-corrected chi connectivity index (χ0v) is 10.4. The average molecular weight is 296 g/mol. The zero-order chi connectivity index (χ0) is 12.4. The van der Waals surface area contributed by atoms with Gasteiger partial charge in [0.05, 0.1) is 5.69 Å². The molecule has 0 unspecified atom stereocenters. The van der Waals surface area contributed by atoms with Crippen LogP contribution in [0.2, 0.25) is 0 Å². The van der Waals surface area contributed by atoms with Crippen LogP contribution in [0.1, 0.15) is 16.2 Å². The average Bonchev–Trinajstić information content (AvgIpc) is 2.73. The molecule has 0 amide bonds. The number of aromatic amines is 1. The maximum atomic E-state index is 10.9. The Morgan fingerprint density at radius 2 is 2.29 bits per heavy atom. The summed E-state index contributed by atoms with van der Waals surface area (Å²) >= 11 is 3.35. The van der Waals surface area contributed by atoms with Gasteiger partial charge in [0.15, 0.2) is 5.69 Å². The lowest BCUT2D eigenvalue weighted by molar-refractivity contribution is 0.0690. The second-order valence-electron chi connectivity index (χ2n) is 3.43. The zero-order valence-electron chi connectivity index (χ0n) is 8.77. The van der Waals surface area contributed by atoms with Crippen molar-refractivity contribution in [2.24, 2.45) is 5.73 Å². The summed E-state index contributed by atoms with van der Waals surface area (Å²) in [6.45, 7) is 0.114. The van der Waals surface area contributed by atoms with E-state index in [-0.39, 0.29) is 12.2 Å². The van der Waals surface area contributed by atoms with Crippen LogP contribution in [-0.2, 0) is 6.54 Å². The van der Waals surface area contributed by atoms with E-state index in [9.17, 15) is 4.79 Å². The number of hydrogen-bond donors (Lipinski definition) is 3. The van der Waals surface area contributed by atoms with Gasteiger partial charge in [-0.05, 0) is 12.1 Å². The van der Waals surface area contributed by atoms with Crippen molar-refractivity contribution in [3.8, 4) is 11.4 Å². The monoisotopic (exact) mass is 295 g/mol. The molecule has 0 bridgehead atoms. The summed E-state index contributed by atoms with van der Waals surface area (Å²) in [4.78, 5) is 17.9. The molecule has 1 heterocycles. The van der Waals surface area contributed by atoms with Crippen molar-refractivity contribution < 1.29 is 9.90 Å². The Balaban J connectivity index is 2.50. The van der Waals surface area contributed by atoms with E-state index >= 15 is 0 Å². The lowest BCUT2D eigenvalue weighted by Crippen LogP contribution is -2.06. The Morgan fingerprint density at radius 1 is 1.53 bits per heavy atom. The molecule has 0 aliphatic heterocycles. The van der Waals surface area contributed by atoms with Gasteiger partial charge in [-0.2, -0.15) is 0 Å². The Morgan fingerprint density at radius 3 is 2.82 bits per heavy atom. The van der Waals surface area contributed by atoms with E-state index < -0.39 is 5.97 Å². The molecule has 0 atom stereocenters. The van der Waals surface area contributed by atoms with Crippen molar-refractivity contribution >= 4 is 21.9 Å². The van der Waals surface area contributed by atoms with Gasteiger partial charge >= 0.3 is 5.97 Å². The Kier molecular flexibility index (Phi) is 3.26. The second-order valence-corrected chi connectivity index (χ2v) is 4.35. The number of hydrogen-bond acceptors (Lipinski definition) is 3. The molecule has 17 heavy (non-hydrogen) atoms. The number of carbonyl (C=O) groups is 1. The number of rotatable bonds is 3. The van der Waals surface area contributed by atoms with Crippen LogP contribution in [0, 0.1) is 0 Å². The Labute approximate surface area is 106 Å². The number of H-pyrrole nitrogens is 1. The molecule has 0 aliphatic rings. The normalized spacial score (nSPS) is 10.5. The summed E-state index contributed by atoms with van der Waals surface area (Å²) in [5.74, 6) is -0.577. The Bertz CT molecular complexity index is 566. The largest absolute Gasteiger partial charge is 0.476 e. The number of benzene rings is 1. The third kappa shape index (κ3) is 2.37. The number of carboxylic acids is 1. The maximum Gasteiger partial charge on any atom is 0.356 e. The highest BCUT2D eigenvalue weighted by Gasteiger charge is 2.16. The summed E-state index contributed by atoms with van der Waals surface area (Å²) in [5, 5.41) is 8.96. The van der Waals surface area contributed by atoms with E-state index in [1.54, 1.807) is 0 Å². The number of halogens is 1. The Hall–Kier alpha value is -1.66. The number of nitrogens with one attached hydrogen (secondary N) is 1. The molecular weight excluding hydrogens is 286 g/mol. The molecule has 6 heteroatoms. The summed E-state index contributed by atoms with van der Waals surface area (Å²) in [6.07, 6.45) is 0. The quantitative estimate of drug-likeness (QED) is 0.807. The number of carboxylic acid groups (broad SMARTS) is 1. The van der Waals surface area contributed by atoms with Crippen molar-refractivity contribution in [1.82, 2.24) is 9.97 Å². The third-order valence-electron chi connectivity index (χ3n) is 2.28. The third-order valence-corrected chi connectivity index (χ3v) is 2.78. The summed E-state index contributed by atoms with van der Waals surface area (Å²) in [7, 11) is 0. The molecule has 2 aromatic rings. The molecule has 0 spiro atoms. The van der Waals surface area contributed by atoms with Crippen LogP contribution < -0.4 is 5.73 Å². The van der Waals surface area contributed by atoms with Gasteiger partial charge in [-0.3, -0.25) is 0 Å². The first-order valence-corrected chi connectivity index (χ1v) is 5.69. The van der Waals surface area contributed by atoms with Crippen LogP contribution in [0.15, 0.2) is 28.7 Å². The highest BCUT2D eigenvalue weighted by Crippen LogP contribution is 2.21. The van der Waals surface area contributed by atoms with E-state index in [0.717, 1.165) is 10.0 Å². The van der Waals surface area contributed by atoms with Crippen LogP contribution in [0.5, 0.6) is 0 Å². The van der Waals surface area contributed by atoms with Crippen LogP contribution >= 0.6 is 15.9 Å². The van der Waals surface area contributed by atoms with Gasteiger partial charge < -0.3 is 15.8 Å². The number of aromatic carboxylic acids is 1. The van der Waals surface area contributed by atoms with Crippen LogP contribution in [-0.4, -0.2) is 21.0 Å². The number of nitrogens with two attached hydrogens (primary N) is 1. The minimum absolute atomic E-state index is 0.0255. The number of imidazole rings is 1. The van der Waals surface area contributed by atoms with Crippen molar-refractivity contribution in [3.05, 3.63) is 40.1 Å². The lowest BCUT2D eigenvalue weighted by atomic mass is 10.2.